The molecule has 2 aliphatic heterocycles. The summed E-state index contributed by atoms with van der Waals surface area (Å²) < 4.78 is 5.48. The minimum Gasteiger partial charge on any atom is -0.381 e. The minimum absolute atomic E-state index is 0.674. The van der Waals surface area contributed by atoms with Crippen LogP contribution in [0.5, 0.6) is 0 Å². The van der Waals surface area contributed by atoms with Gasteiger partial charge in [0.15, 0.2) is 0 Å². The molecule has 2 heterocycles. The summed E-state index contributed by atoms with van der Waals surface area (Å²) in [5, 5.41) is 3.67. The zero-order valence-corrected chi connectivity index (χ0v) is 12.2. The Morgan fingerprint density at radius 2 is 2.06 bits per heavy atom. The number of ether oxygens (including phenoxy) is 1. The molecule has 0 spiro atoms. The van der Waals surface area contributed by atoms with Crippen LogP contribution in [0.4, 0.5) is 0 Å². The van der Waals surface area contributed by atoms with Crippen LogP contribution in [0.3, 0.4) is 0 Å². The van der Waals surface area contributed by atoms with E-state index in [1.54, 1.807) is 0 Å². The first-order chi connectivity index (χ1) is 8.81. The van der Waals surface area contributed by atoms with E-state index in [1.807, 2.05) is 0 Å². The van der Waals surface area contributed by atoms with E-state index in [2.05, 4.69) is 24.1 Å². The number of hydrogen-bond donors (Lipinski definition) is 1. The van der Waals surface area contributed by atoms with Crippen LogP contribution in [0, 0.1) is 5.92 Å². The van der Waals surface area contributed by atoms with E-state index in [4.69, 9.17) is 4.74 Å². The van der Waals surface area contributed by atoms with Gasteiger partial charge >= 0.3 is 0 Å². The van der Waals surface area contributed by atoms with Gasteiger partial charge in [-0.15, -0.1) is 0 Å². The molecule has 0 aromatic heterocycles. The molecule has 18 heavy (non-hydrogen) atoms. The second-order valence-electron chi connectivity index (χ2n) is 5.98. The van der Waals surface area contributed by atoms with Crippen LogP contribution in [-0.2, 0) is 4.74 Å². The average Bonchev–Trinajstić information content (AvgIpc) is 2.46. The van der Waals surface area contributed by atoms with Gasteiger partial charge in [-0.05, 0) is 58.0 Å². The highest BCUT2D eigenvalue weighted by Crippen LogP contribution is 2.24. The fourth-order valence-corrected chi connectivity index (χ4v) is 3.37. The van der Waals surface area contributed by atoms with Gasteiger partial charge in [0.1, 0.15) is 0 Å². The van der Waals surface area contributed by atoms with Gasteiger partial charge in [-0.3, -0.25) is 4.90 Å². The standard InChI is InChI=1S/C15H30N2O/c1-3-8-16-13(2)14-5-4-9-17(12-14)15-6-10-18-11-7-15/h13-16H,3-12H2,1-2H3. The van der Waals surface area contributed by atoms with Crippen molar-refractivity contribution in [1.82, 2.24) is 10.2 Å². The van der Waals surface area contributed by atoms with E-state index in [0.717, 1.165) is 31.7 Å². The Kier molecular flexibility index (Phi) is 5.93. The second kappa shape index (κ2) is 7.46. The fraction of sp³-hybridized carbons (Fsp3) is 1.00. The summed E-state index contributed by atoms with van der Waals surface area (Å²) in [6.45, 7) is 10.3. The van der Waals surface area contributed by atoms with Crippen molar-refractivity contribution >= 4 is 0 Å². The molecule has 0 radical (unpaired) electrons. The average molecular weight is 254 g/mol. The molecule has 0 amide bonds. The highest BCUT2D eigenvalue weighted by Gasteiger charge is 2.29. The number of piperidine rings is 1. The molecule has 2 unspecified atom stereocenters. The summed E-state index contributed by atoms with van der Waals surface area (Å²) in [4.78, 5) is 2.74. The third-order valence-electron chi connectivity index (χ3n) is 4.62. The first kappa shape index (κ1) is 14.3. The number of hydrogen-bond acceptors (Lipinski definition) is 3. The molecular weight excluding hydrogens is 224 g/mol. The van der Waals surface area contributed by atoms with Gasteiger partial charge in [0.25, 0.3) is 0 Å². The Morgan fingerprint density at radius 1 is 1.28 bits per heavy atom. The van der Waals surface area contributed by atoms with E-state index >= 15 is 0 Å². The van der Waals surface area contributed by atoms with Crippen molar-refractivity contribution in [3.8, 4) is 0 Å². The Hall–Kier alpha value is -0.120. The molecule has 2 rings (SSSR count). The topological polar surface area (TPSA) is 24.5 Å². The molecule has 106 valence electrons. The second-order valence-corrected chi connectivity index (χ2v) is 5.98. The zero-order chi connectivity index (χ0) is 12.8. The van der Waals surface area contributed by atoms with Crippen molar-refractivity contribution < 1.29 is 4.74 Å². The van der Waals surface area contributed by atoms with E-state index in [1.165, 1.54) is 45.2 Å². The lowest BCUT2D eigenvalue weighted by Gasteiger charge is -2.41. The van der Waals surface area contributed by atoms with Gasteiger partial charge in [0.2, 0.25) is 0 Å². The van der Waals surface area contributed by atoms with E-state index in [9.17, 15) is 0 Å². The monoisotopic (exact) mass is 254 g/mol. The van der Waals surface area contributed by atoms with Crippen molar-refractivity contribution in [3.05, 3.63) is 0 Å². The molecule has 2 atom stereocenters. The quantitative estimate of drug-likeness (QED) is 0.814. The number of nitrogens with one attached hydrogen (secondary N) is 1. The van der Waals surface area contributed by atoms with Crippen LogP contribution < -0.4 is 5.32 Å². The molecule has 3 nitrogen and oxygen atoms in total. The van der Waals surface area contributed by atoms with E-state index in [0.29, 0.717) is 6.04 Å². The summed E-state index contributed by atoms with van der Waals surface area (Å²) >= 11 is 0. The van der Waals surface area contributed by atoms with Crippen LogP contribution in [-0.4, -0.2) is 49.8 Å². The number of rotatable bonds is 5. The van der Waals surface area contributed by atoms with Gasteiger partial charge in [-0.1, -0.05) is 6.92 Å². The molecule has 2 aliphatic rings. The maximum atomic E-state index is 5.48. The largest absolute Gasteiger partial charge is 0.381 e. The molecule has 2 fully saturated rings. The molecule has 0 bridgehead atoms. The molecule has 0 aromatic carbocycles. The van der Waals surface area contributed by atoms with Gasteiger partial charge in [0, 0.05) is 31.8 Å². The molecule has 0 aliphatic carbocycles. The first-order valence-corrected chi connectivity index (χ1v) is 7.86. The van der Waals surface area contributed by atoms with Crippen LogP contribution in [0.2, 0.25) is 0 Å². The third kappa shape index (κ3) is 3.94. The lowest BCUT2D eigenvalue weighted by atomic mass is 9.89. The maximum absolute atomic E-state index is 5.48. The number of nitrogens with zero attached hydrogens (tertiary/aromatic N) is 1. The van der Waals surface area contributed by atoms with Gasteiger partial charge in [0.05, 0.1) is 0 Å². The minimum atomic E-state index is 0.674. The summed E-state index contributed by atoms with van der Waals surface area (Å²) in [5.74, 6) is 0.841. The normalized spacial score (nSPS) is 29.3. The van der Waals surface area contributed by atoms with Crippen LogP contribution in [0.1, 0.15) is 46.0 Å². The Balaban J connectivity index is 1.79. The van der Waals surface area contributed by atoms with Crippen molar-refractivity contribution in [2.45, 2.75) is 58.0 Å². The first-order valence-electron chi connectivity index (χ1n) is 7.86. The van der Waals surface area contributed by atoms with E-state index < -0.39 is 0 Å². The summed E-state index contributed by atoms with van der Waals surface area (Å²) in [6.07, 6.45) is 6.49. The Labute approximate surface area is 112 Å². The molecular formula is C15H30N2O. The smallest absolute Gasteiger partial charge is 0.0480 e. The zero-order valence-electron chi connectivity index (χ0n) is 12.2. The van der Waals surface area contributed by atoms with Crippen LogP contribution in [0.15, 0.2) is 0 Å². The van der Waals surface area contributed by atoms with Crippen molar-refractivity contribution in [2.75, 3.05) is 32.8 Å². The van der Waals surface area contributed by atoms with Crippen molar-refractivity contribution in [3.63, 3.8) is 0 Å². The van der Waals surface area contributed by atoms with Crippen LogP contribution in [0.25, 0.3) is 0 Å². The Bertz CT molecular complexity index is 229. The molecule has 3 heteroatoms. The highest BCUT2D eigenvalue weighted by atomic mass is 16.5. The van der Waals surface area contributed by atoms with Gasteiger partial charge in [-0.25, -0.2) is 0 Å². The highest BCUT2D eigenvalue weighted by molar-refractivity contribution is 4.84. The summed E-state index contributed by atoms with van der Waals surface area (Å²) in [5.41, 5.74) is 0. The van der Waals surface area contributed by atoms with Gasteiger partial charge in [-0.2, -0.15) is 0 Å². The van der Waals surface area contributed by atoms with Gasteiger partial charge < -0.3 is 10.1 Å². The number of likely N-dealkylation sites (tertiary alicyclic amines) is 1. The summed E-state index contributed by atoms with van der Waals surface area (Å²) in [6, 6.07) is 1.47. The lowest BCUT2D eigenvalue weighted by molar-refractivity contribution is 0.0144. The predicted octanol–water partition coefficient (Wildman–Crippen LogP) is 2.27. The Morgan fingerprint density at radius 3 is 2.78 bits per heavy atom. The third-order valence-corrected chi connectivity index (χ3v) is 4.62. The van der Waals surface area contributed by atoms with E-state index in [-0.39, 0.29) is 0 Å². The SMILES string of the molecule is CCCNC(C)C1CCCN(C2CCOCC2)C1. The molecule has 0 aromatic rings. The molecule has 2 saturated heterocycles. The fourth-order valence-electron chi connectivity index (χ4n) is 3.37. The van der Waals surface area contributed by atoms with Crippen LogP contribution >= 0.6 is 0 Å². The van der Waals surface area contributed by atoms with Crippen molar-refractivity contribution in [1.29, 1.82) is 0 Å². The molecule has 1 N–H and O–H groups in total. The molecule has 0 saturated carbocycles. The lowest BCUT2D eigenvalue weighted by Crippen LogP contribution is -2.49. The summed E-state index contributed by atoms with van der Waals surface area (Å²) in [7, 11) is 0. The predicted molar refractivity (Wildman–Crippen MR) is 75.9 cm³/mol. The maximum Gasteiger partial charge on any atom is 0.0480 e. The van der Waals surface area contributed by atoms with Crippen molar-refractivity contribution in [2.24, 2.45) is 5.92 Å².